The Labute approximate surface area is 119 Å². The first-order valence-electron chi connectivity index (χ1n) is 7.12. The molecule has 1 heterocycles. The zero-order valence-electron chi connectivity index (χ0n) is 11.8. The number of piperidine rings is 1. The lowest BCUT2D eigenvalue weighted by molar-refractivity contribution is -0.148. The summed E-state index contributed by atoms with van der Waals surface area (Å²) in [6, 6.07) is 9.95. The van der Waals surface area contributed by atoms with Crippen LogP contribution in [-0.4, -0.2) is 35.0 Å². The molecule has 4 heteroatoms. The van der Waals surface area contributed by atoms with Crippen LogP contribution in [0, 0.1) is 11.8 Å². The number of hydrogen-bond donors (Lipinski definition) is 1. The summed E-state index contributed by atoms with van der Waals surface area (Å²) in [5.74, 6) is -0.895. The fraction of sp³-hybridized carbons (Fsp3) is 0.500. The second kappa shape index (κ2) is 6.55. The fourth-order valence-corrected chi connectivity index (χ4v) is 2.79. The third-order valence-electron chi connectivity index (χ3n) is 4.05. The average Bonchev–Trinajstić information content (AvgIpc) is 2.45. The van der Waals surface area contributed by atoms with E-state index in [2.05, 4.69) is 0 Å². The molecule has 1 saturated heterocycles. The Morgan fingerprint density at radius 2 is 2.00 bits per heavy atom. The molecule has 1 N–H and O–H groups in total. The SMILES string of the molecule is CC1CN(C(=O)CCc2ccccc2)CCC1C(=O)O. The van der Waals surface area contributed by atoms with Gasteiger partial charge in [-0.1, -0.05) is 37.3 Å². The predicted molar refractivity (Wildman–Crippen MR) is 76.2 cm³/mol. The molecule has 4 nitrogen and oxygen atoms in total. The minimum atomic E-state index is -0.742. The lowest BCUT2D eigenvalue weighted by atomic mass is 9.87. The predicted octanol–water partition coefficient (Wildman–Crippen LogP) is 2.19. The van der Waals surface area contributed by atoms with Crippen molar-refractivity contribution in [2.45, 2.75) is 26.2 Å². The molecule has 1 fully saturated rings. The lowest BCUT2D eigenvalue weighted by Crippen LogP contribution is -2.45. The number of aryl methyl sites for hydroxylation is 1. The highest BCUT2D eigenvalue weighted by atomic mass is 16.4. The molecule has 1 aromatic rings. The van der Waals surface area contributed by atoms with Crippen molar-refractivity contribution in [3.63, 3.8) is 0 Å². The molecule has 0 saturated carbocycles. The summed E-state index contributed by atoms with van der Waals surface area (Å²) in [6.45, 7) is 3.04. The number of carboxylic acids is 1. The van der Waals surface area contributed by atoms with E-state index in [4.69, 9.17) is 5.11 Å². The molecule has 1 amide bonds. The highest BCUT2D eigenvalue weighted by Gasteiger charge is 2.32. The number of hydrogen-bond acceptors (Lipinski definition) is 2. The third-order valence-corrected chi connectivity index (χ3v) is 4.05. The summed E-state index contributed by atoms with van der Waals surface area (Å²) >= 11 is 0. The topological polar surface area (TPSA) is 57.6 Å². The van der Waals surface area contributed by atoms with Crippen molar-refractivity contribution in [1.82, 2.24) is 4.90 Å². The number of carbonyl (C=O) groups is 2. The number of nitrogens with zero attached hydrogens (tertiary/aromatic N) is 1. The summed E-state index contributed by atoms with van der Waals surface area (Å²) in [5, 5.41) is 9.08. The van der Waals surface area contributed by atoms with Gasteiger partial charge < -0.3 is 10.0 Å². The van der Waals surface area contributed by atoms with E-state index in [0.717, 1.165) is 12.0 Å². The first-order valence-corrected chi connectivity index (χ1v) is 7.12. The van der Waals surface area contributed by atoms with Crippen molar-refractivity contribution in [2.24, 2.45) is 11.8 Å². The van der Waals surface area contributed by atoms with Gasteiger partial charge in [0.25, 0.3) is 0 Å². The summed E-state index contributed by atoms with van der Waals surface area (Å²) < 4.78 is 0. The summed E-state index contributed by atoms with van der Waals surface area (Å²) in [4.78, 5) is 25.0. The summed E-state index contributed by atoms with van der Waals surface area (Å²) in [5.41, 5.74) is 1.16. The van der Waals surface area contributed by atoms with Crippen LogP contribution in [0.1, 0.15) is 25.3 Å². The van der Waals surface area contributed by atoms with E-state index in [1.165, 1.54) is 0 Å². The van der Waals surface area contributed by atoms with E-state index in [0.29, 0.717) is 25.9 Å². The van der Waals surface area contributed by atoms with Gasteiger partial charge in [-0.05, 0) is 24.3 Å². The minimum absolute atomic E-state index is 0.0296. The average molecular weight is 275 g/mol. The zero-order chi connectivity index (χ0) is 14.5. The van der Waals surface area contributed by atoms with Crippen LogP contribution >= 0.6 is 0 Å². The lowest BCUT2D eigenvalue weighted by Gasteiger charge is -2.35. The fourth-order valence-electron chi connectivity index (χ4n) is 2.79. The molecule has 2 unspecified atom stereocenters. The van der Waals surface area contributed by atoms with Crippen LogP contribution < -0.4 is 0 Å². The smallest absolute Gasteiger partial charge is 0.306 e. The van der Waals surface area contributed by atoms with E-state index in [-0.39, 0.29) is 17.7 Å². The number of carbonyl (C=O) groups excluding carboxylic acids is 1. The van der Waals surface area contributed by atoms with Crippen LogP contribution in [0.5, 0.6) is 0 Å². The van der Waals surface area contributed by atoms with Crippen molar-refractivity contribution in [3.05, 3.63) is 35.9 Å². The number of carboxylic acid groups (broad SMARTS) is 1. The van der Waals surface area contributed by atoms with E-state index < -0.39 is 5.97 Å². The van der Waals surface area contributed by atoms with Crippen LogP contribution in [0.4, 0.5) is 0 Å². The zero-order valence-corrected chi connectivity index (χ0v) is 11.8. The Balaban J connectivity index is 1.84. The van der Waals surface area contributed by atoms with Crippen LogP contribution in [0.2, 0.25) is 0 Å². The molecule has 1 aliphatic rings. The Hall–Kier alpha value is -1.84. The Kier molecular flexibility index (Phi) is 4.77. The molecule has 20 heavy (non-hydrogen) atoms. The van der Waals surface area contributed by atoms with Gasteiger partial charge in [0, 0.05) is 19.5 Å². The number of amides is 1. The van der Waals surface area contributed by atoms with E-state index in [1.54, 1.807) is 0 Å². The van der Waals surface area contributed by atoms with Gasteiger partial charge in [0.05, 0.1) is 5.92 Å². The molecule has 0 spiro atoms. The Bertz CT molecular complexity index is 472. The van der Waals surface area contributed by atoms with Crippen molar-refractivity contribution < 1.29 is 14.7 Å². The Morgan fingerprint density at radius 1 is 1.30 bits per heavy atom. The number of aliphatic carboxylic acids is 1. The van der Waals surface area contributed by atoms with E-state index in [9.17, 15) is 9.59 Å². The number of rotatable bonds is 4. The normalized spacial score (nSPS) is 22.6. The van der Waals surface area contributed by atoms with Crippen LogP contribution in [0.15, 0.2) is 30.3 Å². The maximum absolute atomic E-state index is 12.2. The molecule has 2 rings (SSSR count). The van der Waals surface area contributed by atoms with Crippen molar-refractivity contribution in [2.75, 3.05) is 13.1 Å². The van der Waals surface area contributed by atoms with Gasteiger partial charge in [-0.25, -0.2) is 0 Å². The highest BCUT2D eigenvalue weighted by molar-refractivity contribution is 5.77. The quantitative estimate of drug-likeness (QED) is 0.916. The van der Waals surface area contributed by atoms with Gasteiger partial charge in [0.1, 0.15) is 0 Å². The maximum Gasteiger partial charge on any atom is 0.306 e. The van der Waals surface area contributed by atoms with Gasteiger partial charge >= 0.3 is 5.97 Å². The van der Waals surface area contributed by atoms with Crippen LogP contribution in [0.25, 0.3) is 0 Å². The molecular formula is C16H21NO3. The molecule has 1 aromatic carbocycles. The van der Waals surface area contributed by atoms with Gasteiger partial charge in [-0.15, -0.1) is 0 Å². The van der Waals surface area contributed by atoms with Crippen LogP contribution in [0.3, 0.4) is 0 Å². The molecule has 108 valence electrons. The van der Waals surface area contributed by atoms with Crippen molar-refractivity contribution in [3.8, 4) is 0 Å². The Morgan fingerprint density at radius 3 is 2.60 bits per heavy atom. The van der Waals surface area contributed by atoms with Gasteiger partial charge in [0.2, 0.25) is 5.91 Å². The summed E-state index contributed by atoms with van der Waals surface area (Å²) in [7, 11) is 0. The second-order valence-corrected chi connectivity index (χ2v) is 5.54. The van der Waals surface area contributed by atoms with Gasteiger partial charge in [-0.3, -0.25) is 9.59 Å². The third kappa shape index (κ3) is 3.59. The monoisotopic (exact) mass is 275 g/mol. The molecule has 0 aromatic heterocycles. The molecule has 2 atom stereocenters. The largest absolute Gasteiger partial charge is 0.481 e. The van der Waals surface area contributed by atoms with Crippen molar-refractivity contribution in [1.29, 1.82) is 0 Å². The first kappa shape index (κ1) is 14.6. The van der Waals surface area contributed by atoms with Gasteiger partial charge in [-0.2, -0.15) is 0 Å². The first-order chi connectivity index (χ1) is 9.58. The minimum Gasteiger partial charge on any atom is -0.481 e. The van der Waals surface area contributed by atoms with Crippen LogP contribution in [-0.2, 0) is 16.0 Å². The van der Waals surface area contributed by atoms with E-state index in [1.807, 2.05) is 42.2 Å². The van der Waals surface area contributed by atoms with Crippen molar-refractivity contribution >= 4 is 11.9 Å². The van der Waals surface area contributed by atoms with E-state index >= 15 is 0 Å². The molecule has 0 aliphatic carbocycles. The molecular weight excluding hydrogens is 254 g/mol. The molecule has 0 bridgehead atoms. The molecule has 1 aliphatic heterocycles. The number of benzene rings is 1. The number of likely N-dealkylation sites (tertiary alicyclic amines) is 1. The maximum atomic E-state index is 12.2. The second-order valence-electron chi connectivity index (χ2n) is 5.54. The van der Waals surface area contributed by atoms with Gasteiger partial charge in [0.15, 0.2) is 0 Å². The summed E-state index contributed by atoms with van der Waals surface area (Å²) in [6.07, 6.45) is 1.80. The molecule has 0 radical (unpaired) electrons. The highest BCUT2D eigenvalue weighted by Crippen LogP contribution is 2.24. The standard InChI is InChI=1S/C16H21NO3/c1-12-11-17(10-9-14(12)16(19)20)15(18)8-7-13-5-3-2-4-6-13/h2-6,12,14H,7-11H2,1H3,(H,19,20).